The van der Waals surface area contributed by atoms with Crippen molar-refractivity contribution in [3.8, 4) is 0 Å². The lowest BCUT2D eigenvalue weighted by molar-refractivity contribution is 0.0718. The largest absolute Gasteiger partial charge is 0.375 e. The molecular weight excluding hydrogens is 332 g/mol. The summed E-state index contributed by atoms with van der Waals surface area (Å²) in [5.74, 6) is -0.0516. The quantitative estimate of drug-likeness (QED) is 0.899. The molecular formula is C15H18N4O2S2. The molecule has 0 saturated carbocycles. The van der Waals surface area contributed by atoms with Crippen molar-refractivity contribution in [2.75, 3.05) is 31.9 Å². The third-order valence-corrected chi connectivity index (χ3v) is 5.55. The molecule has 6 nitrogen and oxygen atoms in total. The van der Waals surface area contributed by atoms with Crippen molar-refractivity contribution in [1.29, 1.82) is 0 Å². The van der Waals surface area contributed by atoms with Gasteiger partial charge in [0.1, 0.15) is 5.69 Å². The number of thiophene rings is 1. The number of thiazole rings is 1. The van der Waals surface area contributed by atoms with Crippen molar-refractivity contribution in [3.05, 3.63) is 33.0 Å². The van der Waals surface area contributed by atoms with Crippen LogP contribution in [0.15, 0.2) is 16.8 Å². The number of amides is 2. The molecule has 8 heteroatoms. The molecule has 2 N–H and O–H groups in total. The molecule has 1 fully saturated rings. The van der Waals surface area contributed by atoms with E-state index in [0.29, 0.717) is 37.0 Å². The summed E-state index contributed by atoms with van der Waals surface area (Å²) in [6.45, 7) is 4.31. The van der Waals surface area contributed by atoms with Gasteiger partial charge in [0.25, 0.3) is 11.8 Å². The predicted molar refractivity (Wildman–Crippen MR) is 92.0 cm³/mol. The molecule has 0 spiro atoms. The normalized spacial score (nSPS) is 15.5. The number of carbonyl (C=O) groups excluding carboxylic acids is 2. The van der Waals surface area contributed by atoms with Crippen LogP contribution < -0.4 is 5.73 Å². The van der Waals surface area contributed by atoms with Crippen LogP contribution in [0.25, 0.3) is 0 Å². The zero-order valence-electron chi connectivity index (χ0n) is 12.8. The van der Waals surface area contributed by atoms with E-state index in [1.807, 2.05) is 23.3 Å². The molecule has 122 valence electrons. The molecule has 2 amide bonds. The van der Waals surface area contributed by atoms with Gasteiger partial charge in [-0.15, -0.1) is 22.7 Å². The van der Waals surface area contributed by atoms with Gasteiger partial charge < -0.3 is 15.5 Å². The van der Waals surface area contributed by atoms with Gasteiger partial charge in [-0.25, -0.2) is 4.98 Å². The van der Waals surface area contributed by atoms with Crippen LogP contribution in [0.5, 0.6) is 0 Å². The minimum absolute atomic E-state index is 0.0599. The molecule has 3 rings (SSSR count). The van der Waals surface area contributed by atoms with E-state index in [1.54, 1.807) is 10.3 Å². The van der Waals surface area contributed by atoms with Crippen molar-refractivity contribution in [3.63, 3.8) is 0 Å². The number of nitrogen functional groups attached to an aromatic ring is 1. The number of nitrogens with zero attached hydrogens (tertiary/aromatic N) is 3. The molecule has 0 radical (unpaired) electrons. The molecule has 1 saturated heterocycles. The molecule has 2 aromatic rings. The lowest BCUT2D eigenvalue weighted by atomic mass is 10.2. The molecule has 0 atom stereocenters. The van der Waals surface area contributed by atoms with E-state index in [2.05, 4.69) is 4.98 Å². The summed E-state index contributed by atoms with van der Waals surface area (Å²) in [4.78, 5) is 33.5. The predicted octanol–water partition coefficient (Wildman–Crippen LogP) is 2.08. The van der Waals surface area contributed by atoms with Crippen molar-refractivity contribution in [1.82, 2.24) is 14.8 Å². The van der Waals surface area contributed by atoms with Gasteiger partial charge >= 0.3 is 0 Å². The third kappa shape index (κ3) is 3.37. The van der Waals surface area contributed by atoms with E-state index in [9.17, 15) is 9.59 Å². The average molecular weight is 350 g/mol. The smallest absolute Gasteiger partial charge is 0.273 e. The number of nitrogens with two attached hydrogens (primary N) is 1. The fourth-order valence-corrected chi connectivity index (χ4v) is 4.04. The maximum atomic E-state index is 12.6. The number of aryl methyl sites for hydroxylation is 1. The SMILES string of the molecule is Cc1ccsc1C(=O)N1CCCN(C(=O)c2csc(N)n2)CC1. The summed E-state index contributed by atoms with van der Waals surface area (Å²) in [5.41, 5.74) is 6.99. The molecule has 0 aliphatic carbocycles. The van der Waals surface area contributed by atoms with Crippen molar-refractivity contribution in [2.24, 2.45) is 0 Å². The lowest BCUT2D eigenvalue weighted by Crippen LogP contribution is -2.37. The van der Waals surface area contributed by atoms with Gasteiger partial charge in [0.2, 0.25) is 0 Å². The summed E-state index contributed by atoms with van der Waals surface area (Å²) < 4.78 is 0. The Morgan fingerprint density at radius 3 is 2.39 bits per heavy atom. The van der Waals surface area contributed by atoms with Crippen molar-refractivity contribution in [2.45, 2.75) is 13.3 Å². The number of aromatic nitrogens is 1. The van der Waals surface area contributed by atoms with Crippen LogP contribution in [0.1, 0.15) is 32.1 Å². The number of carbonyl (C=O) groups is 2. The Morgan fingerprint density at radius 2 is 1.83 bits per heavy atom. The molecule has 2 aromatic heterocycles. The van der Waals surface area contributed by atoms with Crippen molar-refractivity contribution >= 4 is 39.6 Å². The Balaban J connectivity index is 1.66. The topological polar surface area (TPSA) is 79.5 Å². The summed E-state index contributed by atoms with van der Waals surface area (Å²) in [6.07, 6.45) is 0.765. The standard InChI is InChI=1S/C15H18N4O2S2/c1-10-3-8-22-12(10)14(21)19-5-2-4-18(6-7-19)13(20)11-9-23-15(16)17-11/h3,8-9H,2,4-7H2,1H3,(H2,16,17). The molecule has 1 aliphatic rings. The van der Waals surface area contributed by atoms with Crippen molar-refractivity contribution < 1.29 is 9.59 Å². The maximum Gasteiger partial charge on any atom is 0.273 e. The van der Waals surface area contributed by atoms with E-state index in [-0.39, 0.29) is 11.8 Å². The minimum atomic E-state index is -0.112. The van der Waals surface area contributed by atoms with Crippen LogP contribution in [0.2, 0.25) is 0 Å². The second-order valence-corrected chi connectivity index (χ2v) is 7.25. The van der Waals surface area contributed by atoms with E-state index in [1.165, 1.54) is 22.7 Å². The van der Waals surface area contributed by atoms with E-state index in [4.69, 9.17) is 5.73 Å². The van der Waals surface area contributed by atoms with Crippen LogP contribution in [-0.4, -0.2) is 52.8 Å². The monoisotopic (exact) mass is 350 g/mol. The maximum absolute atomic E-state index is 12.6. The first-order valence-corrected chi connectivity index (χ1v) is 9.16. The van der Waals surface area contributed by atoms with Gasteiger partial charge in [-0.2, -0.15) is 0 Å². The zero-order valence-corrected chi connectivity index (χ0v) is 14.5. The highest BCUT2D eigenvalue weighted by Gasteiger charge is 2.25. The number of hydrogen-bond acceptors (Lipinski definition) is 6. The van der Waals surface area contributed by atoms with Gasteiger partial charge in [0.05, 0.1) is 4.88 Å². The minimum Gasteiger partial charge on any atom is -0.375 e. The summed E-state index contributed by atoms with van der Waals surface area (Å²) >= 11 is 2.73. The molecule has 0 unspecified atom stereocenters. The highest BCUT2D eigenvalue weighted by atomic mass is 32.1. The highest BCUT2D eigenvalue weighted by Crippen LogP contribution is 2.20. The van der Waals surface area contributed by atoms with Crippen LogP contribution in [0, 0.1) is 6.92 Å². The number of hydrogen-bond donors (Lipinski definition) is 1. The Hall–Kier alpha value is -1.93. The van der Waals surface area contributed by atoms with Crippen LogP contribution in [0.4, 0.5) is 5.13 Å². The van der Waals surface area contributed by atoms with Crippen LogP contribution in [-0.2, 0) is 0 Å². The second kappa shape index (κ2) is 6.67. The van der Waals surface area contributed by atoms with E-state index >= 15 is 0 Å². The van der Waals surface area contributed by atoms with Crippen LogP contribution >= 0.6 is 22.7 Å². The molecule has 1 aliphatic heterocycles. The molecule has 3 heterocycles. The first-order valence-electron chi connectivity index (χ1n) is 7.40. The summed E-state index contributed by atoms with van der Waals surface area (Å²) in [7, 11) is 0. The first-order chi connectivity index (χ1) is 11.1. The number of rotatable bonds is 2. The second-order valence-electron chi connectivity index (χ2n) is 5.44. The van der Waals surface area contributed by atoms with E-state index < -0.39 is 0 Å². The lowest BCUT2D eigenvalue weighted by Gasteiger charge is -2.21. The summed E-state index contributed by atoms with van der Waals surface area (Å²) in [6, 6.07) is 1.96. The fourth-order valence-electron chi connectivity index (χ4n) is 2.61. The molecule has 0 aromatic carbocycles. The van der Waals surface area contributed by atoms with Gasteiger partial charge in [0.15, 0.2) is 5.13 Å². The van der Waals surface area contributed by atoms with Gasteiger partial charge in [-0.1, -0.05) is 0 Å². The zero-order chi connectivity index (χ0) is 16.4. The van der Waals surface area contributed by atoms with Crippen LogP contribution in [0.3, 0.4) is 0 Å². The molecule has 23 heavy (non-hydrogen) atoms. The average Bonchev–Trinajstić information content (AvgIpc) is 3.07. The Morgan fingerprint density at radius 1 is 1.13 bits per heavy atom. The fraction of sp³-hybridized carbons (Fsp3) is 0.400. The van der Waals surface area contributed by atoms with Gasteiger partial charge in [0, 0.05) is 31.6 Å². The first kappa shape index (κ1) is 15.9. The highest BCUT2D eigenvalue weighted by molar-refractivity contribution is 7.13. The van der Waals surface area contributed by atoms with Gasteiger partial charge in [-0.05, 0) is 30.4 Å². The third-order valence-electron chi connectivity index (χ3n) is 3.87. The summed E-state index contributed by atoms with van der Waals surface area (Å²) in [5, 5.41) is 4.01. The molecule has 0 bridgehead atoms. The Labute approximate surface area is 142 Å². The Bertz CT molecular complexity index is 725. The van der Waals surface area contributed by atoms with E-state index in [0.717, 1.165) is 16.9 Å². The Kier molecular flexibility index (Phi) is 4.63. The van der Waals surface area contributed by atoms with Gasteiger partial charge in [-0.3, -0.25) is 9.59 Å². The number of anilines is 1.